The van der Waals surface area contributed by atoms with Crippen molar-refractivity contribution in [1.82, 2.24) is 0 Å². The molecule has 0 saturated heterocycles. The Hall–Kier alpha value is -1.71. The first kappa shape index (κ1) is 11.4. The Kier molecular flexibility index (Phi) is 3.09. The van der Waals surface area contributed by atoms with Gasteiger partial charge in [0.15, 0.2) is 11.5 Å². The summed E-state index contributed by atoms with van der Waals surface area (Å²) >= 11 is 0. The lowest BCUT2D eigenvalue weighted by Crippen LogP contribution is -2.11. The number of hydrogen-bond acceptors (Lipinski definition) is 4. The van der Waals surface area contributed by atoms with Gasteiger partial charge in [0.2, 0.25) is 6.79 Å². The summed E-state index contributed by atoms with van der Waals surface area (Å²) in [5, 5.41) is 0. The first-order chi connectivity index (χ1) is 8.83. The largest absolute Gasteiger partial charge is 0.493 e. The monoisotopic (exact) mass is 248 g/mol. The molecule has 1 aliphatic heterocycles. The van der Waals surface area contributed by atoms with E-state index < -0.39 is 0 Å². The molecule has 0 N–H and O–H groups in total. The fourth-order valence-electron chi connectivity index (χ4n) is 2.48. The zero-order valence-corrected chi connectivity index (χ0v) is 10.2. The normalized spacial score (nSPS) is 21.3. The fraction of sp³-hybridized carbons (Fsp3) is 0.500. The molecule has 0 spiro atoms. The molecule has 1 aromatic carbocycles. The van der Waals surface area contributed by atoms with Crippen molar-refractivity contribution in [3.63, 3.8) is 0 Å². The van der Waals surface area contributed by atoms with E-state index in [-0.39, 0.29) is 12.7 Å². The number of carbonyl (C=O) groups is 1. The van der Waals surface area contributed by atoms with Crippen LogP contribution >= 0.6 is 0 Å². The van der Waals surface area contributed by atoms with Crippen LogP contribution in [0.3, 0.4) is 0 Å². The van der Waals surface area contributed by atoms with Gasteiger partial charge >= 0.3 is 0 Å². The number of hydrogen-bond donors (Lipinski definition) is 0. The molecule has 1 aromatic rings. The molecule has 1 saturated carbocycles. The van der Waals surface area contributed by atoms with Crippen LogP contribution in [-0.4, -0.2) is 19.2 Å². The smallest absolute Gasteiger partial charge is 0.231 e. The molecular formula is C14H16O4. The zero-order chi connectivity index (χ0) is 12.4. The third-order valence-corrected chi connectivity index (χ3v) is 3.51. The number of rotatable bonds is 4. The molecule has 0 aromatic heterocycles. The molecule has 1 unspecified atom stereocenters. The van der Waals surface area contributed by atoms with Crippen molar-refractivity contribution in [3.05, 3.63) is 18.2 Å². The van der Waals surface area contributed by atoms with Crippen LogP contribution in [0.5, 0.6) is 17.2 Å². The summed E-state index contributed by atoms with van der Waals surface area (Å²) in [6.45, 7) is 0.853. The lowest BCUT2D eigenvalue weighted by Gasteiger charge is -2.10. The first-order valence-corrected chi connectivity index (χ1v) is 6.38. The van der Waals surface area contributed by atoms with Gasteiger partial charge in [-0.1, -0.05) is 0 Å². The molecule has 0 amide bonds. The van der Waals surface area contributed by atoms with Crippen LogP contribution in [0, 0.1) is 5.92 Å². The highest BCUT2D eigenvalue weighted by atomic mass is 16.7. The van der Waals surface area contributed by atoms with Crippen molar-refractivity contribution in [3.8, 4) is 17.2 Å². The summed E-state index contributed by atoms with van der Waals surface area (Å²) in [5.41, 5.74) is 0. The second-order valence-electron chi connectivity index (χ2n) is 4.71. The summed E-state index contributed by atoms with van der Waals surface area (Å²) in [4.78, 5) is 11.5. The summed E-state index contributed by atoms with van der Waals surface area (Å²) in [7, 11) is 0. The molecule has 3 rings (SSSR count). The van der Waals surface area contributed by atoms with Crippen molar-refractivity contribution < 1.29 is 19.0 Å². The van der Waals surface area contributed by atoms with Gasteiger partial charge < -0.3 is 14.2 Å². The van der Waals surface area contributed by atoms with Gasteiger partial charge in [0.25, 0.3) is 0 Å². The van der Waals surface area contributed by atoms with Gasteiger partial charge in [-0.15, -0.1) is 0 Å². The van der Waals surface area contributed by atoms with E-state index in [1.165, 1.54) is 0 Å². The minimum atomic E-state index is 0.207. The fourth-order valence-corrected chi connectivity index (χ4v) is 2.48. The third-order valence-electron chi connectivity index (χ3n) is 3.51. The second kappa shape index (κ2) is 4.88. The zero-order valence-electron chi connectivity index (χ0n) is 10.2. The van der Waals surface area contributed by atoms with E-state index in [1.807, 2.05) is 18.2 Å². The molecule has 2 aliphatic rings. The minimum absolute atomic E-state index is 0.207. The van der Waals surface area contributed by atoms with Crippen LogP contribution in [0.25, 0.3) is 0 Å². The van der Waals surface area contributed by atoms with E-state index >= 15 is 0 Å². The van der Waals surface area contributed by atoms with Crippen LogP contribution in [0.2, 0.25) is 0 Å². The molecule has 1 heterocycles. The van der Waals surface area contributed by atoms with Gasteiger partial charge in [0.05, 0.1) is 6.61 Å². The third kappa shape index (κ3) is 2.28. The van der Waals surface area contributed by atoms with Crippen molar-refractivity contribution >= 4 is 5.78 Å². The van der Waals surface area contributed by atoms with Gasteiger partial charge in [0, 0.05) is 18.4 Å². The van der Waals surface area contributed by atoms with Gasteiger partial charge in [-0.3, -0.25) is 4.79 Å². The number of fused-ring (bicyclic) bond motifs is 1. The summed E-state index contributed by atoms with van der Waals surface area (Å²) in [5.74, 6) is 2.85. The van der Waals surface area contributed by atoms with Gasteiger partial charge in [-0.25, -0.2) is 0 Å². The quantitative estimate of drug-likeness (QED) is 0.821. The average molecular weight is 248 g/mol. The minimum Gasteiger partial charge on any atom is -0.493 e. The average Bonchev–Trinajstić information content (AvgIpc) is 2.98. The van der Waals surface area contributed by atoms with E-state index in [9.17, 15) is 4.79 Å². The molecule has 18 heavy (non-hydrogen) atoms. The van der Waals surface area contributed by atoms with Crippen molar-refractivity contribution in [2.75, 3.05) is 13.4 Å². The molecule has 1 fully saturated rings. The molecule has 4 heteroatoms. The highest BCUT2D eigenvalue weighted by molar-refractivity contribution is 5.82. The molecular weight excluding hydrogens is 232 g/mol. The molecule has 1 atom stereocenters. The highest BCUT2D eigenvalue weighted by Crippen LogP contribution is 2.35. The van der Waals surface area contributed by atoms with Crippen molar-refractivity contribution in [2.45, 2.75) is 25.7 Å². The van der Waals surface area contributed by atoms with Crippen LogP contribution in [0.15, 0.2) is 18.2 Å². The first-order valence-electron chi connectivity index (χ1n) is 6.38. The van der Waals surface area contributed by atoms with Crippen LogP contribution in [0.1, 0.15) is 25.7 Å². The standard InChI is InChI=1S/C14H16O4/c15-12-3-1-2-10(12)6-7-16-11-4-5-13-14(8-11)18-9-17-13/h4-5,8,10H,1-3,6-7,9H2. The Morgan fingerprint density at radius 1 is 1.28 bits per heavy atom. The lowest BCUT2D eigenvalue weighted by molar-refractivity contribution is -0.121. The van der Waals surface area contributed by atoms with Gasteiger partial charge in [-0.05, 0) is 31.4 Å². The van der Waals surface area contributed by atoms with E-state index in [0.29, 0.717) is 12.4 Å². The number of ketones is 1. The Morgan fingerprint density at radius 2 is 2.17 bits per heavy atom. The maximum absolute atomic E-state index is 11.5. The molecule has 1 aliphatic carbocycles. The van der Waals surface area contributed by atoms with E-state index in [1.54, 1.807) is 0 Å². The second-order valence-corrected chi connectivity index (χ2v) is 4.71. The van der Waals surface area contributed by atoms with Crippen molar-refractivity contribution in [2.24, 2.45) is 5.92 Å². The highest BCUT2D eigenvalue weighted by Gasteiger charge is 2.24. The van der Waals surface area contributed by atoms with Crippen LogP contribution in [0.4, 0.5) is 0 Å². The van der Waals surface area contributed by atoms with Crippen LogP contribution in [-0.2, 0) is 4.79 Å². The van der Waals surface area contributed by atoms with Crippen LogP contribution < -0.4 is 14.2 Å². The molecule has 96 valence electrons. The number of benzene rings is 1. The Morgan fingerprint density at radius 3 is 3.00 bits per heavy atom. The summed E-state index contributed by atoms with van der Waals surface area (Å²) < 4.78 is 16.2. The van der Waals surface area contributed by atoms with E-state index in [2.05, 4.69) is 0 Å². The number of ether oxygens (including phenoxy) is 3. The number of carbonyl (C=O) groups excluding carboxylic acids is 1. The number of Topliss-reactive ketones (excluding diaryl/α,β-unsaturated/α-hetero) is 1. The SMILES string of the molecule is O=C1CCCC1CCOc1ccc2c(c1)OCO2. The van der Waals surface area contributed by atoms with Gasteiger partial charge in [-0.2, -0.15) is 0 Å². The van der Waals surface area contributed by atoms with E-state index in [0.717, 1.165) is 42.9 Å². The maximum atomic E-state index is 11.5. The Labute approximate surface area is 106 Å². The van der Waals surface area contributed by atoms with Crippen molar-refractivity contribution in [1.29, 1.82) is 0 Å². The summed E-state index contributed by atoms with van der Waals surface area (Å²) in [6, 6.07) is 5.54. The lowest BCUT2D eigenvalue weighted by atomic mass is 10.0. The predicted molar refractivity (Wildman–Crippen MR) is 65.0 cm³/mol. The predicted octanol–water partition coefficient (Wildman–Crippen LogP) is 2.55. The summed E-state index contributed by atoms with van der Waals surface area (Å²) in [6.07, 6.45) is 3.61. The van der Waals surface area contributed by atoms with E-state index in [4.69, 9.17) is 14.2 Å². The molecule has 4 nitrogen and oxygen atoms in total. The molecule has 0 radical (unpaired) electrons. The maximum Gasteiger partial charge on any atom is 0.231 e. The topological polar surface area (TPSA) is 44.8 Å². The van der Waals surface area contributed by atoms with Gasteiger partial charge in [0.1, 0.15) is 11.5 Å². The Balaban J connectivity index is 1.52. The Bertz CT molecular complexity index is 455. The molecule has 0 bridgehead atoms.